The Labute approximate surface area is 381 Å². The fourth-order valence-electron chi connectivity index (χ4n) is 11.5. The first-order valence-electron chi connectivity index (χ1n) is 28.1. The molecule has 1 heteroatoms. The highest BCUT2D eigenvalue weighted by molar-refractivity contribution is 4.78. The molecule has 0 aromatic carbocycles. The van der Waals surface area contributed by atoms with Crippen molar-refractivity contribution in [2.24, 2.45) is 88.8 Å². The minimum atomic E-state index is -0.506. The molecule has 0 radical (unpaired) electrons. The Hall–Kier alpha value is -0.0700. The summed E-state index contributed by atoms with van der Waals surface area (Å²) >= 11 is 0. The van der Waals surface area contributed by atoms with Gasteiger partial charge in [0.2, 0.25) is 0 Å². The predicted octanol–water partition coefficient (Wildman–Crippen LogP) is 20.8. The summed E-state index contributed by atoms with van der Waals surface area (Å²) in [5, 5.41) is 0. The summed E-state index contributed by atoms with van der Waals surface area (Å²) in [5.41, 5.74) is 0. The molecule has 0 heterocycles. The molecule has 0 aromatic rings. The van der Waals surface area contributed by atoms with Crippen molar-refractivity contribution in [3.63, 3.8) is 0 Å². The first kappa shape index (κ1) is 57.9. The van der Waals surface area contributed by atoms with Crippen molar-refractivity contribution < 1.29 is 4.39 Å². The van der Waals surface area contributed by atoms with Gasteiger partial charge < -0.3 is 0 Å². The van der Waals surface area contributed by atoms with Crippen LogP contribution in [0.3, 0.4) is 0 Å². The third kappa shape index (κ3) is 27.3. The lowest BCUT2D eigenvalue weighted by atomic mass is 9.75. The monoisotopic (exact) mass is 845 g/mol. The summed E-state index contributed by atoms with van der Waals surface area (Å²) in [5.74, 6) is 13.9. The second kappa shape index (κ2) is 34.3. The van der Waals surface area contributed by atoms with Crippen LogP contribution in [0.1, 0.15) is 284 Å². The van der Waals surface area contributed by atoms with Crippen LogP contribution in [0.2, 0.25) is 0 Å². The Morgan fingerprint density at radius 2 is 0.500 bits per heavy atom. The lowest BCUT2D eigenvalue weighted by Gasteiger charge is -2.31. The number of halogens is 1. The quantitative estimate of drug-likeness (QED) is 0.224. The van der Waals surface area contributed by atoms with E-state index in [1.54, 1.807) is 0 Å². The van der Waals surface area contributed by atoms with E-state index in [0.717, 1.165) is 96.2 Å². The standard InChI is InChI=1S/2C10H20.C9H17F.C9H18.C8H16.C7H14.C6H12/c1-8(2)10-7-5-4-6-9(10)3;1-9(2)10-7-5-3-4-6-8-10;1-7(2)8-5-3-4-6-9(8)10;1-8(2)9-6-4-3-5-7-9;1-7(2)8-5-3-4-6-8;1-6(2)7-4-3-5-7;1-5(2)6-3-4-6/h8-10H,4-7H2,1-3H3;9-10H,3-8H2,1-2H3;7-9H,3-6H2,1-2H3;8-9H,3-7H2,1-2H3;7-8H,3-6H2,1-2H3;6-7H,3-5H2,1-2H3;5-6H,3-4H2,1-2H3. The van der Waals surface area contributed by atoms with Gasteiger partial charge in [-0.1, -0.05) is 252 Å². The third-order valence-corrected chi connectivity index (χ3v) is 17.1. The van der Waals surface area contributed by atoms with Crippen LogP contribution in [0.15, 0.2) is 0 Å². The summed E-state index contributed by atoms with van der Waals surface area (Å²) in [6, 6.07) is 0. The maximum Gasteiger partial charge on any atom is 0.103 e. The molecule has 360 valence electrons. The van der Waals surface area contributed by atoms with Gasteiger partial charge in [0.15, 0.2) is 0 Å². The Balaban J connectivity index is 0.000000352. The molecular weight excluding hydrogens is 728 g/mol. The smallest absolute Gasteiger partial charge is 0.103 e. The van der Waals surface area contributed by atoms with E-state index in [2.05, 4.69) is 104 Å². The van der Waals surface area contributed by atoms with Crippen LogP contribution in [-0.4, -0.2) is 6.17 Å². The summed E-state index contributed by atoms with van der Waals surface area (Å²) in [6.45, 7) is 34.8. The highest BCUT2D eigenvalue weighted by Gasteiger charge is 2.27. The summed E-state index contributed by atoms with van der Waals surface area (Å²) < 4.78 is 13.1. The van der Waals surface area contributed by atoms with E-state index in [9.17, 15) is 4.39 Å². The summed E-state index contributed by atoms with van der Waals surface area (Å²) in [7, 11) is 0. The fourth-order valence-corrected chi connectivity index (χ4v) is 11.5. The zero-order valence-corrected chi connectivity index (χ0v) is 44.4. The SMILES string of the molecule is CC(C)C1CC1.CC(C)C1CCC1.CC(C)C1CCCC1.CC(C)C1CCCCC1.CC(C)C1CCCCC1C.CC(C)C1CCCCC1F.CC(C)C1CCCCCC1. The van der Waals surface area contributed by atoms with Gasteiger partial charge in [-0.15, -0.1) is 0 Å². The maximum atomic E-state index is 13.1. The molecule has 7 aliphatic carbocycles. The molecule has 4 unspecified atom stereocenters. The number of alkyl halides is 1. The summed E-state index contributed by atoms with van der Waals surface area (Å²) in [4.78, 5) is 0. The van der Waals surface area contributed by atoms with Gasteiger partial charge in [0, 0.05) is 0 Å². The van der Waals surface area contributed by atoms with Crippen molar-refractivity contribution in [2.75, 3.05) is 0 Å². The van der Waals surface area contributed by atoms with Crippen LogP contribution in [0, 0.1) is 88.8 Å². The van der Waals surface area contributed by atoms with Crippen LogP contribution < -0.4 is 0 Å². The van der Waals surface area contributed by atoms with Crippen LogP contribution in [0.4, 0.5) is 4.39 Å². The van der Waals surface area contributed by atoms with E-state index in [0.29, 0.717) is 11.8 Å². The lowest BCUT2D eigenvalue weighted by Crippen LogP contribution is -2.24. The Morgan fingerprint density at radius 1 is 0.250 bits per heavy atom. The van der Waals surface area contributed by atoms with Crippen LogP contribution >= 0.6 is 0 Å². The molecule has 7 rings (SSSR count). The third-order valence-electron chi connectivity index (χ3n) is 17.1. The topological polar surface area (TPSA) is 0 Å². The summed E-state index contributed by atoms with van der Waals surface area (Å²) in [6.07, 6.45) is 39.5. The van der Waals surface area contributed by atoms with Crippen LogP contribution in [-0.2, 0) is 0 Å². The Morgan fingerprint density at radius 3 is 0.717 bits per heavy atom. The van der Waals surface area contributed by atoms with Crippen LogP contribution in [0.5, 0.6) is 0 Å². The zero-order chi connectivity index (χ0) is 45.0. The lowest BCUT2D eigenvalue weighted by molar-refractivity contribution is 0.127. The van der Waals surface area contributed by atoms with E-state index >= 15 is 0 Å². The number of hydrogen-bond donors (Lipinski definition) is 0. The van der Waals surface area contributed by atoms with E-state index in [4.69, 9.17) is 0 Å². The molecule has 4 atom stereocenters. The number of hydrogen-bond acceptors (Lipinski definition) is 0. The van der Waals surface area contributed by atoms with Gasteiger partial charge in [-0.3, -0.25) is 0 Å². The fraction of sp³-hybridized carbons (Fsp3) is 1.00. The average molecular weight is 846 g/mol. The molecule has 0 bridgehead atoms. The van der Waals surface area contributed by atoms with E-state index < -0.39 is 6.17 Å². The molecule has 60 heavy (non-hydrogen) atoms. The van der Waals surface area contributed by atoms with Gasteiger partial charge in [-0.25, -0.2) is 4.39 Å². The molecule has 0 spiro atoms. The van der Waals surface area contributed by atoms with Gasteiger partial charge in [-0.05, 0) is 121 Å². The number of rotatable bonds is 7. The van der Waals surface area contributed by atoms with Gasteiger partial charge in [0.1, 0.15) is 6.17 Å². The Kier molecular flexibility index (Phi) is 33.1. The molecule has 7 aliphatic rings. The van der Waals surface area contributed by atoms with Crippen molar-refractivity contribution in [1.29, 1.82) is 0 Å². The molecule has 0 N–H and O–H groups in total. The van der Waals surface area contributed by atoms with Crippen molar-refractivity contribution in [1.82, 2.24) is 0 Å². The first-order valence-corrected chi connectivity index (χ1v) is 28.1. The van der Waals surface area contributed by atoms with Gasteiger partial charge >= 0.3 is 0 Å². The predicted molar refractivity (Wildman–Crippen MR) is 272 cm³/mol. The largest absolute Gasteiger partial charge is 0.247 e. The first-order chi connectivity index (χ1) is 28.5. The van der Waals surface area contributed by atoms with Gasteiger partial charge in [-0.2, -0.15) is 0 Å². The Bertz CT molecular complexity index is 889. The van der Waals surface area contributed by atoms with E-state index in [1.165, 1.54) is 161 Å². The highest BCUT2D eigenvalue weighted by Crippen LogP contribution is 2.37. The zero-order valence-electron chi connectivity index (χ0n) is 44.4. The molecule has 0 amide bonds. The average Bonchev–Trinajstić information content (AvgIpc) is 3.96. The molecule has 0 aromatic heterocycles. The van der Waals surface area contributed by atoms with Crippen molar-refractivity contribution >= 4 is 0 Å². The second-order valence-corrected chi connectivity index (χ2v) is 24.3. The van der Waals surface area contributed by atoms with Crippen molar-refractivity contribution in [3.05, 3.63) is 0 Å². The van der Waals surface area contributed by atoms with E-state index in [1.807, 2.05) is 0 Å². The minimum absolute atomic E-state index is 0.355. The van der Waals surface area contributed by atoms with E-state index in [-0.39, 0.29) is 0 Å². The maximum absolute atomic E-state index is 13.1. The van der Waals surface area contributed by atoms with Gasteiger partial charge in [0.25, 0.3) is 0 Å². The molecular formula is C59H117F. The molecule has 0 nitrogen and oxygen atoms in total. The normalized spacial score (nSPS) is 26.9. The second-order valence-electron chi connectivity index (χ2n) is 24.3. The molecule has 7 saturated carbocycles. The van der Waals surface area contributed by atoms with Crippen molar-refractivity contribution in [2.45, 2.75) is 290 Å². The van der Waals surface area contributed by atoms with Crippen LogP contribution in [0.25, 0.3) is 0 Å². The van der Waals surface area contributed by atoms with Crippen molar-refractivity contribution in [3.8, 4) is 0 Å². The molecule has 0 aliphatic heterocycles. The molecule has 7 fully saturated rings. The van der Waals surface area contributed by atoms with Gasteiger partial charge in [0.05, 0.1) is 0 Å². The minimum Gasteiger partial charge on any atom is -0.247 e. The highest BCUT2D eigenvalue weighted by atomic mass is 19.1. The molecule has 0 saturated heterocycles.